The molecule has 0 radical (unpaired) electrons. The molecule has 0 saturated carbocycles. The molecule has 0 fully saturated rings. The molecule has 408 valence electrons. The molecular weight excluding hydrogens is 861 g/mol. The van der Waals surface area contributed by atoms with Gasteiger partial charge in [0.05, 0.1) is 6.61 Å². The minimum Gasteiger partial charge on any atom is -0.462 e. The van der Waals surface area contributed by atoms with Crippen LogP contribution in [0.1, 0.15) is 316 Å². The summed E-state index contributed by atoms with van der Waals surface area (Å²) in [5, 5.41) is 0. The monoisotopic (exact) mass is 979 g/mol. The van der Waals surface area contributed by atoms with E-state index in [4.69, 9.17) is 14.2 Å². The fourth-order valence-corrected chi connectivity index (χ4v) is 8.86. The molecule has 0 N–H and O–H groups in total. The van der Waals surface area contributed by atoms with Crippen molar-refractivity contribution in [3.05, 3.63) is 60.8 Å². The Hall–Kier alpha value is -2.40. The second-order valence-electron chi connectivity index (χ2n) is 20.6. The second-order valence-corrected chi connectivity index (χ2v) is 20.6. The molecule has 0 amide bonds. The summed E-state index contributed by atoms with van der Waals surface area (Å²) in [4.78, 5) is 25.6. The van der Waals surface area contributed by atoms with Crippen LogP contribution in [-0.4, -0.2) is 37.9 Å². The Balaban J connectivity index is 4.30. The van der Waals surface area contributed by atoms with Crippen LogP contribution in [0.15, 0.2) is 60.8 Å². The van der Waals surface area contributed by atoms with E-state index in [2.05, 4.69) is 81.5 Å². The van der Waals surface area contributed by atoms with Gasteiger partial charge in [0.15, 0.2) is 6.10 Å². The van der Waals surface area contributed by atoms with Crippen molar-refractivity contribution in [3.8, 4) is 0 Å². The van der Waals surface area contributed by atoms with Crippen LogP contribution in [0.3, 0.4) is 0 Å². The molecule has 0 aliphatic carbocycles. The third-order valence-electron chi connectivity index (χ3n) is 13.5. The zero-order valence-electron chi connectivity index (χ0n) is 47.0. The van der Waals surface area contributed by atoms with Crippen molar-refractivity contribution in [2.75, 3.05) is 19.8 Å². The number of esters is 2. The Kier molecular flexibility index (Phi) is 58.8. The Morgan fingerprint density at radius 2 is 0.600 bits per heavy atom. The van der Waals surface area contributed by atoms with Gasteiger partial charge in [-0.15, -0.1) is 0 Å². The van der Waals surface area contributed by atoms with Crippen LogP contribution < -0.4 is 0 Å². The van der Waals surface area contributed by atoms with Gasteiger partial charge in [0.25, 0.3) is 0 Å². The third kappa shape index (κ3) is 58.2. The fraction of sp³-hybridized carbons (Fsp3) is 0.815. The van der Waals surface area contributed by atoms with Gasteiger partial charge in [-0.1, -0.05) is 255 Å². The maximum atomic E-state index is 12.9. The number of unbranched alkanes of at least 4 members (excludes halogenated alkanes) is 36. The average Bonchev–Trinajstić information content (AvgIpc) is 3.36. The predicted octanol–water partition coefficient (Wildman–Crippen LogP) is 21.2. The quantitative estimate of drug-likeness (QED) is 0.0345. The zero-order chi connectivity index (χ0) is 50.6. The summed E-state index contributed by atoms with van der Waals surface area (Å²) < 4.78 is 17.5. The van der Waals surface area contributed by atoms with Gasteiger partial charge in [-0.25, -0.2) is 0 Å². The second kappa shape index (κ2) is 60.9. The van der Waals surface area contributed by atoms with E-state index in [9.17, 15) is 9.59 Å². The highest BCUT2D eigenvalue weighted by Gasteiger charge is 2.17. The van der Waals surface area contributed by atoms with Gasteiger partial charge >= 0.3 is 11.9 Å². The van der Waals surface area contributed by atoms with Gasteiger partial charge in [0.1, 0.15) is 6.61 Å². The third-order valence-corrected chi connectivity index (χ3v) is 13.5. The lowest BCUT2D eigenvalue weighted by Gasteiger charge is -2.18. The molecule has 0 aromatic heterocycles. The number of hydrogen-bond donors (Lipinski definition) is 0. The summed E-state index contributed by atoms with van der Waals surface area (Å²) in [6.07, 6.45) is 78.2. The Morgan fingerprint density at radius 3 is 1.00 bits per heavy atom. The molecular formula is C65H118O5. The lowest BCUT2D eigenvalue weighted by Crippen LogP contribution is -2.30. The van der Waals surface area contributed by atoms with E-state index in [-0.39, 0.29) is 25.2 Å². The highest BCUT2D eigenvalue weighted by atomic mass is 16.6. The SMILES string of the molecule is CCCCC/C=C\C/C=C\C/C=C\CCCCCCCCC(=O)OCC(COCCCCCCCCCC/C=C\CCCCCCCC)OC(=O)CCCCCCCCC/C=C\CCCCCCCC. The van der Waals surface area contributed by atoms with Crippen LogP contribution in [0.5, 0.6) is 0 Å². The minimum absolute atomic E-state index is 0.0766. The molecule has 5 nitrogen and oxygen atoms in total. The van der Waals surface area contributed by atoms with Crippen molar-refractivity contribution in [1.29, 1.82) is 0 Å². The molecule has 0 aliphatic rings. The molecule has 0 spiro atoms. The molecule has 1 atom stereocenters. The first-order valence-corrected chi connectivity index (χ1v) is 30.8. The molecule has 0 rings (SSSR count). The lowest BCUT2D eigenvalue weighted by atomic mass is 10.1. The molecule has 5 heteroatoms. The molecule has 0 aromatic rings. The van der Waals surface area contributed by atoms with Crippen molar-refractivity contribution >= 4 is 11.9 Å². The molecule has 0 saturated heterocycles. The van der Waals surface area contributed by atoms with E-state index in [0.717, 1.165) is 70.6 Å². The minimum atomic E-state index is -0.547. The Bertz CT molecular complexity index is 1200. The standard InChI is InChI=1S/C65H118O5/c1-4-7-10-13-16-19-22-25-28-31-33-35-37-40-43-46-49-52-55-58-64(66)69-62-63(61-68-60-57-54-51-48-45-42-39-36-32-29-26-23-20-17-14-11-8-5-2)70-65(67)59-56-53-50-47-44-41-38-34-30-27-24-21-18-15-12-9-6-3/h16,19,25-30,33,35,63H,4-15,17-18,20-24,31-32,34,36-62H2,1-3H3/b19-16-,28-25-,29-26-,30-27-,35-33-. The predicted molar refractivity (Wildman–Crippen MR) is 307 cm³/mol. The van der Waals surface area contributed by atoms with Crippen molar-refractivity contribution in [1.82, 2.24) is 0 Å². The van der Waals surface area contributed by atoms with Gasteiger partial charge in [-0.3, -0.25) is 9.59 Å². The van der Waals surface area contributed by atoms with Gasteiger partial charge in [-0.05, 0) is 109 Å². The molecule has 0 heterocycles. The van der Waals surface area contributed by atoms with E-state index in [1.165, 1.54) is 212 Å². The number of ether oxygens (including phenoxy) is 3. The van der Waals surface area contributed by atoms with E-state index in [0.29, 0.717) is 19.4 Å². The largest absolute Gasteiger partial charge is 0.462 e. The molecule has 0 aromatic carbocycles. The first kappa shape index (κ1) is 67.6. The summed E-state index contributed by atoms with van der Waals surface area (Å²) in [5.41, 5.74) is 0. The Morgan fingerprint density at radius 1 is 0.314 bits per heavy atom. The summed E-state index contributed by atoms with van der Waals surface area (Å²) in [6.45, 7) is 7.82. The molecule has 1 unspecified atom stereocenters. The van der Waals surface area contributed by atoms with Crippen molar-refractivity contribution in [2.45, 2.75) is 322 Å². The summed E-state index contributed by atoms with van der Waals surface area (Å²) in [6, 6.07) is 0. The molecule has 0 bridgehead atoms. The van der Waals surface area contributed by atoms with Crippen LogP contribution in [0.2, 0.25) is 0 Å². The van der Waals surface area contributed by atoms with E-state index in [1.807, 2.05) is 0 Å². The topological polar surface area (TPSA) is 61.8 Å². The number of carbonyl (C=O) groups excluding carboxylic acids is 2. The molecule has 0 aliphatic heterocycles. The maximum Gasteiger partial charge on any atom is 0.306 e. The van der Waals surface area contributed by atoms with Crippen molar-refractivity contribution in [3.63, 3.8) is 0 Å². The van der Waals surface area contributed by atoms with E-state index in [1.54, 1.807) is 0 Å². The fourth-order valence-electron chi connectivity index (χ4n) is 8.86. The van der Waals surface area contributed by atoms with Crippen molar-refractivity contribution < 1.29 is 23.8 Å². The lowest BCUT2D eigenvalue weighted by molar-refractivity contribution is -0.163. The van der Waals surface area contributed by atoms with Gasteiger partial charge < -0.3 is 14.2 Å². The van der Waals surface area contributed by atoms with Crippen LogP contribution >= 0.6 is 0 Å². The van der Waals surface area contributed by atoms with Crippen LogP contribution in [0.4, 0.5) is 0 Å². The first-order chi connectivity index (χ1) is 34.6. The number of allylic oxidation sites excluding steroid dienone is 10. The Labute approximate surface area is 436 Å². The van der Waals surface area contributed by atoms with Gasteiger partial charge in [0.2, 0.25) is 0 Å². The maximum absolute atomic E-state index is 12.9. The van der Waals surface area contributed by atoms with Gasteiger partial charge in [0, 0.05) is 19.4 Å². The van der Waals surface area contributed by atoms with E-state index < -0.39 is 6.10 Å². The van der Waals surface area contributed by atoms with Crippen molar-refractivity contribution in [2.24, 2.45) is 0 Å². The van der Waals surface area contributed by atoms with Gasteiger partial charge in [-0.2, -0.15) is 0 Å². The highest BCUT2D eigenvalue weighted by molar-refractivity contribution is 5.70. The summed E-state index contributed by atoms with van der Waals surface area (Å²) in [7, 11) is 0. The van der Waals surface area contributed by atoms with Crippen LogP contribution in [0, 0.1) is 0 Å². The number of rotatable bonds is 57. The highest BCUT2D eigenvalue weighted by Crippen LogP contribution is 2.15. The normalized spacial score (nSPS) is 12.6. The summed E-state index contributed by atoms with van der Waals surface area (Å²) in [5.74, 6) is -0.405. The number of carbonyl (C=O) groups is 2. The van der Waals surface area contributed by atoms with Crippen LogP contribution in [0.25, 0.3) is 0 Å². The van der Waals surface area contributed by atoms with E-state index >= 15 is 0 Å². The number of hydrogen-bond acceptors (Lipinski definition) is 5. The summed E-state index contributed by atoms with van der Waals surface area (Å²) >= 11 is 0. The smallest absolute Gasteiger partial charge is 0.306 e. The zero-order valence-corrected chi connectivity index (χ0v) is 47.0. The first-order valence-electron chi connectivity index (χ1n) is 30.8. The molecule has 70 heavy (non-hydrogen) atoms. The average molecular weight is 980 g/mol. The van der Waals surface area contributed by atoms with Crippen LogP contribution in [-0.2, 0) is 23.8 Å².